The molecular weight excluding hydrogens is 336 g/mol. The monoisotopic (exact) mass is 354 g/mol. The Kier molecular flexibility index (Phi) is 4.42. The minimum Gasteiger partial charge on any atom is -0.350 e. The van der Waals surface area contributed by atoms with Crippen molar-refractivity contribution in [1.29, 1.82) is 0 Å². The van der Waals surface area contributed by atoms with Crippen molar-refractivity contribution in [3.05, 3.63) is 76.6 Å². The van der Waals surface area contributed by atoms with Gasteiger partial charge in [0.05, 0.1) is 19.3 Å². The Morgan fingerprint density at radius 2 is 2.08 bits per heavy atom. The summed E-state index contributed by atoms with van der Waals surface area (Å²) in [4.78, 5) is 2.22. The second-order valence-corrected chi connectivity index (χ2v) is 6.60. The molecule has 0 N–H and O–H groups in total. The van der Waals surface area contributed by atoms with Gasteiger partial charge >= 0.3 is 0 Å². The topological polar surface area (TPSA) is 43.2 Å². The maximum Gasteiger partial charge on any atom is 0.177 e. The molecule has 1 aromatic heterocycles. The predicted octanol–water partition coefficient (Wildman–Crippen LogP) is 3.82. The van der Waals surface area contributed by atoms with Gasteiger partial charge < -0.3 is 9.64 Å². The fourth-order valence-electron chi connectivity index (χ4n) is 3.09. The summed E-state index contributed by atoms with van der Waals surface area (Å²) in [7, 11) is 0. The van der Waals surface area contributed by atoms with E-state index in [4.69, 9.17) is 16.3 Å². The maximum atomic E-state index is 6.23. The Hall–Kier alpha value is -2.37. The molecule has 1 fully saturated rings. The largest absolute Gasteiger partial charge is 0.350 e. The van der Waals surface area contributed by atoms with Crippen LogP contribution in [0.25, 0.3) is 0 Å². The number of halogens is 1. The minimum atomic E-state index is -0.207. The van der Waals surface area contributed by atoms with Crippen LogP contribution in [0.3, 0.4) is 0 Å². The molecule has 0 amide bonds. The van der Waals surface area contributed by atoms with E-state index >= 15 is 0 Å². The van der Waals surface area contributed by atoms with Crippen LogP contribution in [0.5, 0.6) is 0 Å². The van der Waals surface area contributed by atoms with Crippen molar-refractivity contribution >= 4 is 17.3 Å². The highest BCUT2D eigenvalue weighted by Gasteiger charge is 2.29. The minimum absolute atomic E-state index is 0.207. The summed E-state index contributed by atoms with van der Waals surface area (Å²) in [5.41, 5.74) is 4.20. The first kappa shape index (κ1) is 16.1. The van der Waals surface area contributed by atoms with Gasteiger partial charge in [-0.15, -0.1) is 5.10 Å². The van der Waals surface area contributed by atoms with Crippen molar-refractivity contribution in [2.45, 2.75) is 19.7 Å². The lowest BCUT2D eigenvalue weighted by Gasteiger charge is -2.23. The summed E-state index contributed by atoms with van der Waals surface area (Å²) in [6.45, 7) is 4.20. The van der Waals surface area contributed by atoms with Crippen LogP contribution in [0.4, 0.5) is 5.69 Å². The number of benzene rings is 2. The molecule has 6 heteroatoms. The molecule has 128 valence electrons. The van der Waals surface area contributed by atoms with Crippen LogP contribution in [-0.4, -0.2) is 28.1 Å². The van der Waals surface area contributed by atoms with Crippen LogP contribution in [0, 0.1) is 6.92 Å². The van der Waals surface area contributed by atoms with Crippen molar-refractivity contribution in [3.8, 4) is 0 Å². The summed E-state index contributed by atoms with van der Waals surface area (Å²) < 4.78 is 7.72. The summed E-state index contributed by atoms with van der Waals surface area (Å²) in [5, 5.41) is 9.30. The molecule has 5 nitrogen and oxygen atoms in total. The molecule has 0 aliphatic carbocycles. The average molecular weight is 355 g/mol. The third-order valence-corrected chi connectivity index (χ3v) is 4.69. The molecule has 1 aliphatic rings. The fourth-order valence-corrected chi connectivity index (χ4v) is 3.29. The highest BCUT2D eigenvalue weighted by atomic mass is 35.5. The van der Waals surface area contributed by atoms with E-state index in [9.17, 15) is 0 Å². The second kappa shape index (κ2) is 6.86. The van der Waals surface area contributed by atoms with E-state index in [-0.39, 0.29) is 6.23 Å². The van der Waals surface area contributed by atoms with Gasteiger partial charge in [0, 0.05) is 17.3 Å². The number of nitrogens with zero attached hydrogens (tertiary/aromatic N) is 4. The van der Waals surface area contributed by atoms with E-state index in [1.165, 1.54) is 5.56 Å². The molecule has 0 saturated carbocycles. The Balaban J connectivity index is 1.56. The summed E-state index contributed by atoms with van der Waals surface area (Å²) in [5.74, 6) is 0. The van der Waals surface area contributed by atoms with E-state index in [1.54, 1.807) is 4.68 Å². The molecule has 4 rings (SSSR count). The van der Waals surface area contributed by atoms with Gasteiger partial charge in [-0.25, -0.2) is 4.68 Å². The number of hydrogen-bond donors (Lipinski definition) is 0. The predicted molar refractivity (Wildman–Crippen MR) is 97.8 cm³/mol. The molecule has 1 atom stereocenters. The molecule has 1 saturated heterocycles. The van der Waals surface area contributed by atoms with E-state index < -0.39 is 0 Å². The molecule has 2 aromatic carbocycles. The molecule has 25 heavy (non-hydrogen) atoms. The zero-order valence-electron chi connectivity index (χ0n) is 14.0. The zero-order valence-corrected chi connectivity index (χ0v) is 14.7. The first-order chi connectivity index (χ1) is 12.2. The van der Waals surface area contributed by atoms with Crippen LogP contribution in [-0.2, 0) is 11.3 Å². The van der Waals surface area contributed by atoms with Gasteiger partial charge in [-0.1, -0.05) is 47.1 Å². The number of ether oxygens (including phenoxy) is 1. The normalized spacial score (nSPS) is 17.2. The quantitative estimate of drug-likeness (QED) is 0.714. The lowest BCUT2D eigenvalue weighted by atomic mass is 10.2. The van der Waals surface area contributed by atoms with E-state index in [0.29, 0.717) is 13.2 Å². The van der Waals surface area contributed by atoms with Crippen LogP contribution in [0.15, 0.2) is 54.7 Å². The highest BCUT2D eigenvalue weighted by molar-refractivity contribution is 6.31. The standard InChI is InChI=1S/C19H19ClN4O/c1-14-5-4-7-16(11-14)24-9-10-25-19(24)18-13-23(22-21-18)12-15-6-2-3-8-17(15)20/h2-8,11,13,19H,9-10,12H2,1H3/t19-/m0/s1. The molecule has 3 aromatic rings. The third-order valence-electron chi connectivity index (χ3n) is 4.32. The zero-order chi connectivity index (χ0) is 17.2. The van der Waals surface area contributed by atoms with Crippen molar-refractivity contribution in [2.75, 3.05) is 18.1 Å². The molecule has 2 heterocycles. The number of aromatic nitrogens is 3. The van der Waals surface area contributed by atoms with Crippen molar-refractivity contribution in [3.63, 3.8) is 0 Å². The van der Waals surface area contributed by atoms with Gasteiger partial charge in [0.25, 0.3) is 0 Å². The van der Waals surface area contributed by atoms with Crippen LogP contribution in [0.1, 0.15) is 23.0 Å². The van der Waals surface area contributed by atoms with Gasteiger partial charge in [0.1, 0.15) is 5.69 Å². The first-order valence-electron chi connectivity index (χ1n) is 8.29. The number of aryl methyl sites for hydroxylation is 1. The molecule has 0 radical (unpaired) electrons. The lowest BCUT2D eigenvalue weighted by molar-refractivity contribution is 0.110. The van der Waals surface area contributed by atoms with E-state index in [1.807, 2.05) is 30.5 Å². The highest BCUT2D eigenvalue weighted by Crippen LogP contribution is 2.31. The van der Waals surface area contributed by atoms with Gasteiger partial charge in [-0.2, -0.15) is 0 Å². The Labute approximate surface area is 151 Å². The molecule has 0 spiro atoms. The van der Waals surface area contributed by atoms with Crippen LogP contribution < -0.4 is 4.90 Å². The summed E-state index contributed by atoms with van der Waals surface area (Å²) in [6.07, 6.45) is 1.73. The van der Waals surface area contributed by atoms with Gasteiger partial charge in [0.2, 0.25) is 0 Å². The number of hydrogen-bond acceptors (Lipinski definition) is 4. The van der Waals surface area contributed by atoms with E-state index in [2.05, 4.69) is 46.4 Å². The van der Waals surface area contributed by atoms with Gasteiger partial charge in [-0.05, 0) is 36.2 Å². The first-order valence-corrected chi connectivity index (χ1v) is 8.67. The van der Waals surface area contributed by atoms with Crippen molar-refractivity contribution in [2.24, 2.45) is 0 Å². The molecular formula is C19H19ClN4O. The Bertz CT molecular complexity index is 879. The van der Waals surface area contributed by atoms with Crippen LogP contribution >= 0.6 is 11.6 Å². The smallest absolute Gasteiger partial charge is 0.177 e. The lowest BCUT2D eigenvalue weighted by Crippen LogP contribution is -2.23. The van der Waals surface area contributed by atoms with Crippen molar-refractivity contribution in [1.82, 2.24) is 15.0 Å². The fraction of sp³-hybridized carbons (Fsp3) is 0.263. The number of anilines is 1. The van der Waals surface area contributed by atoms with Gasteiger partial charge in [0.15, 0.2) is 6.23 Å². The average Bonchev–Trinajstić information content (AvgIpc) is 3.26. The Morgan fingerprint density at radius 1 is 1.20 bits per heavy atom. The van der Waals surface area contributed by atoms with E-state index in [0.717, 1.165) is 28.5 Å². The SMILES string of the molecule is Cc1cccc(N2CCO[C@H]2c2cn(Cc3ccccc3Cl)nn2)c1. The summed E-state index contributed by atoms with van der Waals surface area (Å²) in [6, 6.07) is 16.2. The molecule has 0 bridgehead atoms. The maximum absolute atomic E-state index is 6.23. The van der Waals surface area contributed by atoms with Crippen LogP contribution in [0.2, 0.25) is 5.02 Å². The van der Waals surface area contributed by atoms with Gasteiger partial charge in [-0.3, -0.25) is 0 Å². The third kappa shape index (κ3) is 3.38. The second-order valence-electron chi connectivity index (χ2n) is 6.19. The number of rotatable bonds is 4. The van der Waals surface area contributed by atoms with Crippen molar-refractivity contribution < 1.29 is 4.74 Å². The molecule has 0 unspecified atom stereocenters. The Morgan fingerprint density at radius 3 is 2.92 bits per heavy atom. The molecule has 1 aliphatic heterocycles. The summed E-state index contributed by atoms with van der Waals surface area (Å²) >= 11 is 6.23.